The van der Waals surface area contributed by atoms with Crippen LogP contribution in [0.1, 0.15) is 41.3 Å². The summed E-state index contributed by atoms with van der Waals surface area (Å²) in [5.41, 5.74) is 4.37. The van der Waals surface area contributed by atoms with Gasteiger partial charge in [0.25, 0.3) is 0 Å². The molecule has 0 radical (unpaired) electrons. The van der Waals surface area contributed by atoms with Gasteiger partial charge in [-0.25, -0.2) is 0 Å². The molecule has 0 saturated carbocycles. The molecule has 0 fully saturated rings. The van der Waals surface area contributed by atoms with Gasteiger partial charge in [-0.15, -0.1) is 0 Å². The minimum atomic E-state index is -1.19. The van der Waals surface area contributed by atoms with Crippen molar-refractivity contribution in [3.63, 3.8) is 0 Å². The van der Waals surface area contributed by atoms with E-state index in [1.54, 1.807) is 7.11 Å². The molecule has 0 spiro atoms. The molecule has 2 heterocycles. The van der Waals surface area contributed by atoms with Gasteiger partial charge in [0, 0.05) is 10.6 Å². The molecule has 7 heteroatoms. The van der Waals surface area contributed by atoms with Gasteiger partial charge in [0.1, 0.15) is 16.9 Å². The number of carbonyl (C=O) groups is 1. The largest absolute Gasteiger partial charge is 0.497 e. The van der Waals surface area contributed by atoms with E-state index in [9.17, 15) is 0 Å². The number of para-hydroxylation sites is 1. The third-order valence-corrected chi connectivity index (χ3v) is 9.17. The molecule has 6 nitrogen and oxygen atoms in total. The van der Waals surface area contributed by atoms with Crippen molar-refractivity contribution in [1.29, 1.82) is 0 Å². The predicted molar refractivity (Wildman–Crippen MR) is 182 cm³/mol. The Labute approximate surface area is 273 Å². The number of Topliss-reactive ketones (excluding diaryl/α,β-unsaturated/α-hetero) is 1. The van der Waals surface area contributed by atoms with Crippen molar-refractivity contribution in [3.05, 3.63) is 167 Å². The van der Waals surface area contributed by atoms with Crippen LogP contribution in [-0.2, 0) is 9.63 Å². The number of hydrogen-bond donors (Lipinski definition) is 0. The Morgan fingerprint density at radius 2 is 1.33 bits per heavy atom. The molecule has 0 aromatic heterocycles. The zero-order valence-electron chi connectivity index (χ0n) is 25.5. The van der Waals surface area contributed by atoms with E-state index in [1.165, 1.54) is 0 Å². The van der Waals surface area contributed by atoms with Crippen LogP contribution >= 0.6 is 11.6 Å². The van der Waals surface area contributed by atoms with E-state index in [0.717, 1.165) is 27.9 Å². The minimum absolute atomic E-state index is 0.0468. The second-order valence-electron chi connectivity index (χ2n) is 11.6. The standard InChI is InChI=1S/C39H32ClN3O3/c1-39(36(28-20-24-32(45-2)25-21-28)42-46-38(39)29-14-8-4-9-15-29)37(44)33-34(26-18-22-30(40)23-19-26)41-43(31-16-10-5-11-17-31)35(33)27-12-6-3-7-13-27/h3-25,33,35,38H,1-2H3. The van der Waals surface area contributed by atoms with Gasteiger partial charge in [-0.05, 0) is 72.1 Å². The van der Waals surface area contributed by atoms with Crippen LogP contribution in [0.4, 0.5) is 5.69 Å². The molecule has 2 aliphatic heterocycles. The van der Waals surface area contributed by atoms with Gasteiger partial charge in [0.2, 0.25) is 0 Å². The summed E-state index contributed by atoms with van der Waals surface area (Å²) in [7, 11) is 1.63. The summed E-state index contributed by atoms with van der Waals surface area (Å²) < 4.78 is 5.42. The highest BCUT2D eigenvalue weighted by molar-refractivity contribution is 6.31. The number of rotatable bonds is 8. The first kappa shape index (κ1) is 29.5. The molecule has 228 valence electrons. The fourth-order valence-corrected chi connectivity index (χ4v) is 6.69. The lowest BCUT2D eigenvalue weighted by atomic mass is 9.65. The van der Waals surface area contributed by atoms with Gasteiger partial charge in [0.05, 0.1) is 30.5 Å². The van der Waals surface area contributed by atoms with Crippen molar-refractivity contribution in [2.45, 2.75) is 19.1 Å². The van der Waals surface area contributed by atoms with Gasteiger partial charge >= 0.3 is 0 Å². The number of anilines is 1. The molecule has 0 aliphatic carbocycles. The SMILES string of the molecule is COc1ccc(C2=NOC(c3ccccc3)C2(C)C(=O)C2C(c3ccc(Cl)cc3)=NN(c3ccccc3)C2c2ccccc2)cc1. The van der Waals surface area contributed by atoms with Crippen LogP contribution in [0.15, 0.2) is 150 Å². The Morgan fingerprint density at radius 1 is 0.761 bits per heavy atom. The van der Waals surface area contributed by atoms with Crippen LogP contribution in [0, 0.1) is 11.3 Å². The lowest BCUT2D eigenvalue weighted by Gasteiger charge is -2.35. The summed E-state index contributed by atoms with van der Waals surface area (Å²) in [5, 5.41) is 12.4. The zero-order chi connectivity index (χ0) is 31.7. The van der Waals surface area contributed by atoms with E-state index < -0.39 is 23.5 Å². The molecule has 4 unspecified atom stereocenters. The maximum absolute atomic E-state index is 15.8. The van der Waals surface area contributed by atoms with Crippen molar-refractivity contribution in [2.75, 3.05) is 12.1 Å². The second kappa shape index (κ2) is 12.3. The van der Waals surface area contributed by atoms with Crippen LogP contribution < -0.4 is 9.75 Å². The predicted octanol–water partition coefficient (Wildman–Crippen LogP) is 8.68. The molecule has 2 aliphatic rings. The number of hydrazone groups is 1. The van der Waals surface area contributed by atoms with Crippen LogP contribution in [0.3, 0.4) is 0 Å². The first-order chi connectivity index (χ1) is 22.5. The number of ketones is 1. The normalized spacial score (nSPS) is 22.2. The van der Waals surface area contributed by atoms with Crippen LogP contribution in [-0.4, -0.2) is 24.3 Å². The molecule has 5 aromatic rings. The summed E-state index contributed by atoms with van der Waals surface area (Å²) in [6.45, 7) is 1.95. The van der Waals surface area contributed by atoms with Crippen molar-refractivity contribution < 1.29 is 14.4 Å². The van der Waals surface area contributed by atoms with Gasteiger partial charge in [-0.1, -0.05) is 108 Å². The lowest BCUT2D eigenvalue weighted by Crippen LogP contribution is -2.47. The third-order valence-electron chi connectivity index (χ3n) is 8.92. The Morgan fingerprint density at radius 3 is 1.93 bits per heavy atom. The quantitative estimate of drug-likeness (QED) is 0.173. The summed E-state index contributed by atoms with van der Waals surface area (Å²) in [6.07, 6.45) is -0.660. The summed E-state index contributed by atoms with van der Waals surface area (Å²) in [5.74, 6) is -0.0222. The maximum Gasteiger partial charge on any atom is 0.170 e. The van der Waals surface area contributed by atoms with Crippen LogP contribution in [0.5, 0.6) is 5.75 Å². The number of hydrogen-bond acceptors (Lipinski definition) is 6. The first-order valence-electron chi connectivity index (χ1n) is 15.2. The average Bonchev–Trinajstić information content (AvgIpc) is 3.69. The van der Waals surface area contributed by atoms with E-state index in [0.29, 0.717) is 22.2 Å². The molecular formula is C39H32ClN3O3. The highest BCUT2D eigenvalue weighted by Crippen LogP contribution is 2.51. The van der Waals surface area contributed by atoms with Crippen molar-refractivity contribution in [1.82, 2.24) is 0 Å². The molecular weight excluding hydrogens is 594 g/mol. The fraction of sp³-hybridized carbons (Fsp3) is 0.154. The van der Waals surface area contributed by atoms with Gasteiger partial charge in [-0.2, -0.15) is 5.10 Å². The number of halogens is 1. The zero-order valence-corrected chi connectivity index (χ0v) is 26.2. The number of oxime groups is 1. The molecule has 5 aromatic carbocycles. The topological polar surface area (TPSA) is 63.5 Å². The molecule has 7 rings (SSSR count). The Kier molecular flexibility index (Phi) is 7.89. The summed E-state index contributed by atoms with van der Waals surface area (Å²) in [6, 6.07) is 44.6. The Bertz CT molecular complexity index is 1900. The Balaban J connectivity index is 1.43. The average molecular weight is 626 g/mol. The number of nitrogens with zero attached hydrogens (tertiary/aromatic N) is 3. The monoisotopic (exact) mass is 625 g/mol. The smallest absolute Gasteiger partial charge is 0.170 e. The summed E-state index contributed by atoms with van der Waals surface area (Å²) >= 11 is 6.33. The van der Waals surface area contributed by atoms with E-state index in [-0.39, 0.29) is 5.78 Å². The van der Waals surface area contributed by atoms with E-state index in [2.05, 4.69) is 17.3 Å². The molecule has 0 saturated heterocycles. The van der Waals surface area contributed by atoms with Crippen molar-refractivity contribution in [2.24, 2.45) is 21.6 Å². The van der Waals surface area contributed by atoms with Crippen LogP contribution in [0.2, 0.25) is 5.02 Å². The number of ether oxygens (including phenoxy) is 1. The van der Waals surface area contributed by atoms with Crippen molar-refractivity contribution >= 4 is 34.5 Å². The molecule has 4 atom stereocenters. The van der Waals surface area contributed by atoms with E-state index in [4.69, 9.17) is 26.3 Å². The molecule has 0 N–H and O–H groups in total. The van der Waals surface area contributed by atoms with E-state index >= 15 is 4.79 Å². The third kappa shape index (κ3) is 5.15. The van der Waals surface area contributed by atoms with Gasteiger partial charge < -0.3 is 9.57 Å². The Hall–Kier alpha value is -5.20. The van der Waals surface area contributed by atoms with Gasteiger partial charge in [0.15, 0.2) is 11.9 Å². The number of benzene rings is 5. The van der Waals surface area contributed by atoms with Crippen molar-refractivity contribution in [3.8, 4) is 5.75 Å². The van der Waals surface area contributed by atoms with Crippen LogP contribution in [0.25, 0.3) is 0 Å². The highest BCUT2D eigenvalue weighted by Gasteiger charge is 2.58. The fourth-order valence-electron chi connectivity index (χ4n) is 6.56. The maximum atomic E-state index is 15.8. The second-order valence-corrected chi connectivity index (χ2v) is 12.1. The van der Waals surface area contributed by atoms with Gasteiger partial charge in [-0.3, -0.25) is 9.80 Å². The van der Waals surface area contributed by atoms with E-state index in [1.807, 2.05) is 139 Å². The number of carbonyl (C=O) groups excluding carboxylic acids is 1. The minimum Gasteiger partial charge on any atom is -0.497 e. The summed E-state index contributed by atoms with van der Waals surface area (Å²) in [4.78, 5) is 22.0. The molecule has 46 heavy (non-hydrogen) atoms. The lowest BCUT2D eigenvalue weighted by molar-refractivity contribution is -0.132. The molecule has 0 amide bonds. The first-order valence-corrected chi connectivity index (χ1v) is 15.6. The number of methoxy groups -OCH3 is 1. The highest BCUT2D eigenvalue weighted by atomic mass is 35.5. The molecule has 0 bridgehead atoms.